The third-order valence-electron chi connectivity index (χ3n) is 2.42. The van der Waals surface area contributed by atoms with E-state index in [1.54, 1.807) is 6.20 Å². The largest absolute Gasteiger partial charge is 0.473 e. The number of ether oxygens (including phenoxy) is 2. The van der Waals surface area contributed by atoms with Gasteiger partial charge in [-0.25, -0.2) is 9.97 Å². The first-order valence-electron chi connectivity index (χ1n) is 6.01. The Morgan fingerprint density at radius 3 is 3.06 bits per heavy atom. The average Bonchev–Trinajstić information content (AvgIpc) is 2.81. The lowest BCUT2D eigenvalue weighted by atomic mass is 10.4. The predicted octanol–water partition coefficient (Wildman–Crippen LogP) is 2.69. The number of hydrogen-bond acceptors (Lipinski definition) is 4. The second kappa shape index (κ2) is 6.70. The summed E-state index contributed by atoms with van der Waals surface area (Å²) in [6, 6.07) is 0. The maximum Gasteiger partial charge on any atom is 0.259 e. The lowest BCUT2D eigenvalue weighted by Crippen LogP contribution is -2.09. The van der Waals surface area contributed by atoms with Crippen LogP contribution in [0.25, 0.3) is 5.65 Å². The van der Waals surface area contributed by atoms with Gasteiger partial charge in [-0.2, -0.15) is 0 Å². The summed E-state index contributed by atoms with van der Waals surface area (Å²) in [5.41, 5.74) is 0.715. The summed E-state index contributed by atoms with van der Waals surface area (Å²) in [6.07, 6.45) is 7.63. The summed E-state index contributed by atoms with van der Waals surface area (Å²) in [6.45, 7) is 3.97. The first kappa shape index (κ1) is 13.3. The molecule has 0 bridgehead atoms. The van der Waals surface area contributed by atoms with Gasteiger partial charge in [-0.05, 0) is 22.4 Å². The van der Waals surface area contributed by atoms with E-state index >= 15 is 0 Å². The third kappa shape index (κ3) is 3.43. The van der Waals surface area contributed by atoms with E-state index in [0.717, 1.165) is 24.1 Å². The van der Waals surface area contributed by atoms with E-state index in [9.17, 15) is 0 Å². The van der Waals surface area contributed by atoms with Gasteiger partial charge in [0.2, 0.25) is 5.65 Å². The zero-order chi connectivity index (χ0) is 12.8. The van der Waals surface area contributed by atoms with Crippen molar-refractivity contribution < 1.29 is 9.47 Å². The van der Waals surface area contributed by atoms with Gasteiger partial charge in [0.15, 0.2) is 0 Å². The summed E-state index contributed by atoms with van der Waals surface area (Å²) in [5, 5.41) is 0. The van der Waals surface area contributed by atoms with Crippen LogP contribution in [0.1, 0.15) is 19.8 Å². The molecule has 5 nitrogen and oxygen atoms in total. The Morgan fingerprint density at radius 1 is 1.33 bits per heavy atom. The topological polar surface area (TPSA) is 48.7 Å². The summed E-state index contributed by atoms with van der Waals surface area (Å²) >= 11 is 3.34. The highest BCUT2D eigenvalue weighted by Crippen LogP contribution is 2.18. The van der Waals surface area contributed by atoms with E-state index in [0.29, 0.717) is 24.7 Å². The first-order chi connectivity index (χ1) is 8.81. The van der Waals surface area contributed by atoms with Crippen molar-refractivity contribution in [1.29, 1.82) is 0 Å². The minimum absolute atomic E-state index is 0.482. The molecule has 6 heteroatoms. The Hall–Kier alpha value is -1.14. The normalized spacial score (nSPS) is 11.0. The Labute approximate surface area is 114 Å². The van der Waals surface area contributed by atoms with Crippen LogP contribution in [0.4, 0.5) is 0 Å². The quantitative estimate of drug-likeness (QED) is 0.737. The van der Waals surface area contributed by atoms with Crippen molar-refractivity contribution in [3.8, 4) is 5.88 Å². The van der Waals surface area contributed by atoms with Gasteiger partial charge >= 0.3 is 0 Å². The molecule has 0 amide bonds. The molecule has 2 aromatic heterocycles. The molecule has 2 heterocycles. The molecule has 0 fully saturated rings. The molecule has 0 atom stereocenters. The van der Waals surface area contributed by atoms with Crippen molar-refractivity contribution >= 4 is 21.6 Å². The Morgan fingerprint density at radius 2 is 2.22 bits per heavy atom. The van der Waals surface area contributed by atoms with Crippen molar-refractivity contribution in [2.24, 2.45) is 0 Å². The number of imidazole rings is 1. The zero-order valence-electron chi connectivity index (χ0n) is 10.3. The molecule has 0 radical (unpaired) electrons. The molecule has 0 saturated heterocycles. The minimum Gasteiger partial charge on any atom is -0.473 e. The van der Waals surface area contributed by atoms with Crippen LogP contribution in [0.15, 0.2) is 23.2 Å². The molecular formula is C12H16BrN3O2. The Bertz CT molecular complexity index is 501. The molecule has 0 spiro atoms. The van der Waals surface area contributed by atoms with Crippen molar-refractivity contribution in [2.45, 2.75) is 19.8 Å². The SMILES string of the molecule is CCCCOCCOc1nc(Br)cn2ccnc12. The summed E-state index contributed by atoms with van der Waals surface area (Å²) < 4.78 is 13.6. The molecule has 0 aromatic carbocycles. The van der Waals surface area contributed by atoms with Gasteiger partial charge in [0.05, 0.1) is 6.61 Å². The summed E-state index contributed by atoms with van der Waals surface area (Å²) in [5.74, 6) is 0.522. The lowest BCUT2D eigenvalue weighted by molar-refractivity contribution is 0.0968. The van der Waals surface area contributed by atoms with Crippen LogP contribution in [0.3, 0.4) is 0 Å². The van der Waals surface area contributed by atoms with E-state index in [-0.39, 0.29) is 0 Å². The van der Waals surface area contributed by atoms with Crippen LogP contribution in [0.2, 0.25) is 0 Å². The lowest BCUT2D eigenvalue weighted by Gasteiger charge is -2.07. The highest BCUT2D eigenvalue weighted by Gasteiger charge is 2.07. The van der Waals surface area contributed by atoms with Crippen LogP contribution in [-0.4, -0.2) is 34.2 Å². The highest BCUT2D eigenvalue weighted by atomic mass is 79.9. The number of aromatic nitrogens is 3. The molecule has 98 valence electrons. The molecule has 0 aliphatic heterocycles. The van der Waals surface area contributed by atoms with Crippen LogP contribution >= 0.6 is 15.9 Å². The number of fused-ring (bicyclic) bond motifs is 1. The Kier molecular flexibility index (Phi) is 4.95. The average molecular weight is 314 g/mol. The van der Waals surface area contributed by atoms with Crippen LogP contribution < -0.4 is 4.74 Å². The number of hydrogen-bond donors (Lipinski definition) is 0. The predicted molar refractivity (Wildman–Crippen MR) is 71.9 cm³/mol. The fourth-order valence-corrected chi connectivity index (χ4v) is 1.90. The molecule has 0 aliphatic rings. The first-order valence-corrected chi connectivity index (χ1v) is 6.80. The van der Waals surface area contributed by atoms with E-state index in [1.165, 1.54) is 0 Å². The fourth-order valence-electron chi connectivity index (χ4n) is 1.52. The number of rotatable bonds is 7. The van der Waals surface area contributed by atoms with E-state index in [4.69, 9.17) is 9.47 Å². The monoisotopic (exact) mass is 313 g/mol. The molecule has 2 rings (SSSR count). The standard InChI is InChI=1S/C12H16BrN3O2/c1-2-3-6-17-7-8-18-12-11-14-4-5-16(11)9-10(13)15-12/h4-5,9H,2-3,6-8H2,1H3. The zero-order valence-corrected chi connectivity index (χ0v) is 11.9. The van der Waals surface area contributed by atoms with Crippen molar-refractivity contribution in [3.63, 3.8) is 0 Å². The second-order valence-electron chi connectivity index (χ2n) is 3.84. The van der Waals surface area contributed by atoms with Crippen LogP contribution in [0, 0.1) is 0 Å². The minimum atomic E-state index is 0.482. The van der Waals surface area contributed by atoms with E-state index in [2.05, 4.69) is 32.8 Å². The molecular weight excluding hydrogens is 298 g/mol. The highest BCUT2D eigenvalue weighted by molar-refractivity contribution is 9.10. The van der Waals surface area contributed by atoms with Crippen molar-refractivity contribution in [1.82, 2.24) is 14.4 Å². The number of halogens is 1. The van der Waals surface area contributed by atoms with Gasteiger partial charge in [-0.1, -0.05) is 13.3 Å². The molecule has 2 aromatic rings. The maximum absolute atomic E-state index is 5.59. The van der Waals surface area contributed by atoms with Gasteiger partial charge in [0.25, 0.3) is 5.88 Å². The smallest absolute Gasteiger partial charge is 0.259 e. The maximum atomic E-state index is 5.59. The van der Waals surface area contributed by atoms with Gasteiger partial charge in [0, 0.05) is 25.2 Å². The van der Waals surface area contributed by atoms with Crippen molar-refractivity contribution in [2.75, 3.05) is 19.8 Å². The summed E-state index contributed by atoms with van der Waals surface area (Å²) in [7, 11) is 0. The van der Waals surface area contributed by atoms with Crippen molar-refractivity contribution in [3.05, 3.63) is 23.2 Å². The van der Waals surface area contributed by atoms with Gasteiger partial charge in [0.1, 0.15) is 11.2 Å². The van der Waals surface area contributed by atoms with Gasteiger partial charge in [-0.15, -0.1) is 0 Å². The Balaban J connectivity index is 1.89. The van der Waals surface area contributed by atoms with Crippen LogP contribution in [-0.2, 0) is 4.74 Å². The van der Waals surface area contributed by atoms with Gasteiger partial charge in [-0.3, -0.25) is 4.40 Å². The molecule has 0 N–H and O–H groups in total. The van der Waals surface area contributed by atoms with Gasteiger partial charge < -0.3 is 9.47 Å². The summed E-state index contributed by atoms with van der Waals surface area (Å²) in [4.78, 5) is 8.46. The number of unbranched alkanes of at least 4 members (excludes halogenated alkanes) is 1. The number of nitrogens with zero attached hydrogens (tertiary/aromatic N) is 3. The third-order valence-corrected chi connectivity index (χ3v) is 2.80. The fraction of sp³-hybridized carbons (Fsp3) is 0.500. The molecule has 0 unspecified atom stereocenters. The molecule has 18 heavy (non-hydrogen) atoms. The molecule has 0 saturated carbocycles. The van der Waals surface area contributed by atoms with Crippen LogP contribution in [0.5, 0.6) is 5.88 Å². The van der Waals surface area contributed by atoms with E-state index < -0.39 is 0 Å². The molecule has 0 aliphatic carbocycles. The van der Waals surface area contributed by atoms with E-state index in [1.807, 2.05) is 16.8 Å². The second-order valence-corrected chi connectivity index (χ2v) is 4.65.